The number of hydrogen-bond acceptors (Lipinski definition) is 8. The molecule has 4 saturated heterocycles. The number of carbonyl (C=O) groups is 2. The minimum atomic E-state index is -3.58. The highest BCUT2D eigenvalue weighted by Crippen LogP contribution is 2.49. The van der Waals surface area contributed by atoms with Crippen LogP contribution in [-0.4, -0.2) is 142 Å². The quantitative estimate of drug-likeness (QED) is 0.261. The molecule has 2 amide bonds. The molecule has 5 aliphatic rings. The number of nitrogens with zero attached hydrogens (tertiary/aromatic N) is 5. The van der Waals surface area contributed by atoms with Crippen molar-refractivity contribution in [3.63, 3.8) is 0 Å². The summed E-state index contributed by atoms with van der Waals surface area (Å²) in [5.41, 5.74) is 0.370. The van der Waals surface area contributed by atoms with E-state index in [1.807, 2.05) is 30.0 Å². The summed E-state index contributed by atoms with van der Waals surface area (Å²) < 4.78 is 57.4. The Morgan fingerprint density at radius 1 is 0.982 bits per heavy atom. The average Bonchev–Trinajstić information content (AvgIpc) is 3.52. The Morgan fingerprint density at radius 2 is 1.69 bits per heavy atom. The van der Waals surface area contributed by atoms with Crippen LogP contribution in [0.2, 0.25) is 0 Å². The number of anilines is 1. The zero-order valence-electron chi connectivity index (χ0n) is 32.3. The van der Waals surface area contributed by atoms with Crippen molar-refractivity contribution in [3.8, 4) is 0 Å². The monoisotopic (exact) mass is 784 g/mol. The van der Waals surface area contributed by atoms with Gasteiger partial charge >= 0.3 is 6.09 Å². The maximum atomic E-state index is 16.2. The Balaban J connectivity index is 0.935. The van der Waals surface area contributed by atoms with Gasteiger partial charge in [0, 0.05) is 43.8 Å². The third-order valence-electron chi connectivity index (χ3n) is 13.0. The molecule has 0 radical (unpaired) electrons. The van der Waals surface area contributed by atoms with E-state index < -0.39 is 26.8 Å². The van der Waals surface area contributed by atoms with E-state index in [1.54, 1.807) is 41.3 Å². The minimum absolute atomic E-state index is 0.00545. The molecule has 0 bridgehead atoms. The van der Waals surface area contributed by atoms with E-state index in [2.05, 4.69) is 15.1 Å². The van der Waals surface area contributed by atoms with Gasteiger partial charge in [0.25, 0.3) is 0 Å². The van der Waals surface area contributed by atoms with Crippen molar-refractivity contribution in [1.29, 1.82) is 0 Å². The van der Waals surface area contributed by atoms with Gasteiger partial charge in [-0.1, -0.05) is 18.6 Å². The Bertz CT molecular complexity index is 1760. The lowest BCUT2D eigenvalue weighted by Gasteiger charge is -2.51. The first kappa shape index (κ1) is 39.9. The molecule has 14 heteroatoms. The fraction of sp³-hybridized carbons (Fsp3) is 0.659. The van der Waals surface area contributed by atoms with Gasteiger partial charge in [-0.15, -0.1) is 0 Å². The first-order chi connectivity index (χ1) is 26.3. The van der Waals surface area contributed by atoms with Crippen LogP contribution < -0.4 is 10.2 Å². The Labute approximate surface area is 324 Å². The normalized spacial score (nSPS) is 24.9. The molecule has 2 N–H and O–H groups in total. The van der Waals surface area contributed by atoms with Gasteiger partial charge < -0.3 is 25.1 Å². The molecule has 302 valence electrons. The van der Waals surface area contributed by atoms with E-state index in [1.165, 1.54) is 6.07 Å². The van der Waals surface area contributed by atoms with Gasteiger partial charge in [0.05, 0.1) is 18.0 Å². The molecular weight excluding hydrogens is 727 g/mol. The molecule has 2 aromatic rings. The van der Waals surface area contributed by atoms with Gasteiger partial charge in [-0.3, -0.25) is 14.6 Å². The standard InChI is InChI=1S/C41H58F2N6O5S/c1-45(2)18-5-11-37(50)48-24-34(25-48)55(53,54)33-14-12-32(13-15-33)49-27-41(43,28-49)26-46-21-16-29(17-22-46)38(35-9-4-10-36(35)44-40(51)52)39(47-19-6-20-47)30-7-3-8-31(42)23-30/h3,7-8,12-15,23,29,34-36,38-39,44H,4-6,9-11,16-22,24-28H2,1-2H3,(H,51,52)/t35-,36-,38-,39+/m0/s1. The average molecular weight is 785 g/mol. The van der Waals surface area contributed by atoms with E-state index >= 15 is 4.39 Å². The fourth-order valence-electron chi connectivity index (χ4n) is 10.0. The van der Waals surface area contributed by atoms with Crippen LogP contribution in [-0.2, 0) is 14.6 Å². The first-order valence-electron chi connectivity index (χ1n) is 20.2. The largest absolute Gasteiger partial charge is 0.465 e. The van der Waals surface area contributed by atoms with Gasteiger partial charge in [0.1, 0.15) is 11.1 Å². The predicted octanol–water partition coefficient (Wildman–Crippen LogP) is 4.89. The number of sulfone groups is 1. The summed E-state index contributed by atoms with van der Waals surface area (Å²) in [4.78, 5) is 34.7. The van der Waals surface area contributed by atoms with Crippen molar-refractivity contribution in [2.75, 3.05) is 84.4 Å². The molecule has 5 fully saturated rings. The van der Waals surface area contributed by atoms with Crippen molar-refractivity contribution in [3.05, 3.63) is 59.9 Å². The number of benzene rings is 2. The molecule has 11 nitrogen and oxygen atoms in total. The molecule has 4 aliphatic heterocycles. The summed E-state index contributed by atoms with van der Waals surface area (Å²) in [6.07, 6.45) is 5.70. The second-order valence-electron chi connectivity index (χ2n) is 17.1. The number of halogens is 2. The zero-order chi connectivity index (χ0) is 38.9. The predicted molar refractivity (Wildman–Crippen MR) is 208 cm³/mol. The van der Waals surface area contributed by atoms with Gasteiger partial charge in [-0.05, 0) is 145 Å². The van der Waals surface area contributed by atoms with Crippen LogP contribution in [0.1, 0.15) is 63.0 Å². The molecule has 55 heavy (non-hydrogen) atoms. The summed E-state index contributed by atoms with van der Waals surface area (Å²) in [6.45, 7) is 5.42. The highest BCUT2D eigenvalue weighted by atomic mass is 32.2. The van der Waals surface area contributed by atoms with Crippen LogP contribution in [0, 0.1) is 23.6 Å². The van der Waals surface area contributed by atoms with E-state index in [-0.39, 0.29) is 66.7 Å². The maximum absolute atomic E-state index is 16.2. The number of carbonyl (C=O) groups excluding carboxylic acids is 1. The van der Waals surface area contributed by atoms with Gasteiger partial charge in [-0.25, -0.2) is 22.0 Å². The lowest BCUT2D eigenvalue weighted by Crippen LogP contribution is -2.64. The second kappa shape index (κ2) is 16.6. The number of hydrogen-bond donors (Lipinski definition) is 2. The van der Waals surface area contributed by atoms with Crippen LogP contribution >= 0.6 is 0 Å². The molecule has 0 spiro atoms. The van der Waals surface area contributed by atoms with Crippen molar-refractivity contribution < 1.29 is 31.9 Å². The topological polar surface area (TPSA) is 117 Å². The van der Waals surface area contributed by atoms with Crippen LogP contribution in [0.4, 0.5) is 19.3 Å². The molecule has 0 aromatic heterocycles. The Kier molecular flexibility index (Phi) is 12.1. The molecule has 0 unspecified atom stereocenters. The third-order valence-corrected chi connectivity index (χ3v) is 15.1. The van der Waals surface area contributed by atoms with E-state index in [0.717, 1.165) is 88.9 Å². The molecule has 1 aliphatic carbocycles. The summed E-state index contributed by atoms with van der Waals surface area (Å²) in [7, 11) is 0.336. The first-order valence-corrected chi connectivity index (χ1v) is 21.8. The number of amides is 2. The van der Waals surface area contributed by atoms with Crippen LogP contribution in [0.25, 0.3) is 0 Å². The molecule has 4 heterocycles. The summed E-state index contributed by atoms with van der Waals surface area (Å²) in [5.74, 6) is 0.331. The van der Waals surface area contributed by atoms with Gasteiger partial charge in [-0.2, -0.15) is 0 Å². The molecule has 1 saturated carbocycles. The summed E-state index contributed by atoms with van der Waals surface area (Å²) in [5, 5.41) is 11.9. The van der Waals surface area contributed by atoms with E-state index in [0.29, 0.717) is 18.9 Å². The lowest BCUT2D eigenvalue weighted by atomic mass is 9.68. The number of piperidine rings is 1. The highest BCUT2D eigenvalue weighted by molar-refractivity contribution is 7.92. The van der Waals surface area contributed by atoms with E-state index in [4.69, 9.17) is 0 Å². The zero-order valence-corrected chi connectivity index (χ0v) is 33.1. The Morgan fingerprint density at radius 3 is 2.31 bits per heavy atom. The number of alkyl halides is 1. The number of nitrogens with one attached hydrogen (secondary N) is 1. The third kappa shape index (κ3) is 8.97. The smallest absolute Gasteiger partial charge is 0.404 e. The van der Waals surface area contributed by atoms with Crippen LogP contribution in [0.3, 0.4) is 0 Å². The molecular formula is C41H58F2N6O5S. The van der Waals surface area contributed by atoms with Crippen molar-refractivity contribution in [1.82, 2.24) is 24.9 Å². The van der Waals surface area contributed by atoms with Gasteiger partial charge in [0.15, 0.2) is 15.5 Å². The van der Waals surface area contributed by atoms with Gasteiger partial charge in [0.2, 0.25) is 5.91 Å². The summed E-state index contributed by atoms with van der Waals surface area (Å²) >= 11 is 0. The lowest BCUT2D eigenvalue weighted by molar-refractivity contribution is -0.134. The second-order valence-corrected chi connectivity index (χ2v) is 19.3. The number of rotatable bonds is 15. The Hall–Kier alpha value is -3.33. The van der Waals surface area contributed by atoms with Crippen molar-refractivity contribution in [2.24, 2.45) is 17.8 Å². The number of likely N-dealkylation sites (tertiary alicyclic amines) is 3. The van der Waals surface area contributed by atoms with Crippen LogP contribution in [0.15, 0.2) is 53.4 Å². The highest BCUT2D eigenvalue weighted by Gasteiger charge is 2.49. The van der Waals surface area contributed by atoms with Crippen LogP contribution in [0.5, 0.6) is 0 Å². The maximum Gasteiger partial charge on any atom is 0.404 e. The summed E-state index contributed by atoms with van der Waals surface area (Å²) in [6, 6.07) is 13.5. The minimum Gasteiger partial charge on any atom is -0.465 e. The van der Waals surface area contributed by atoms with E-state index in [9.17, 15) is 27.5 Å². The molecule has 2 aromatic carbocycles. The molecule has 4 atom stereocenters. The number of carboxylic acid groups (broad SMARTS) is 1. The fourth-order valence-corrected chi connectivity index (χ4v) is 11.7. The molecule has 7 rings (SSSR count). The SMILES string of the molecule is CN(C)CCCC(=O)N1CC(S(=O)(=O)c2ccc(N3CC(F)(CN4CCC([C@@H]([C@H]5CCC[C@@H]5NC(=O)O)[C@@H](c5cccc(F)c5)N5CCC5)CC4)C3)cc2)C1. The van der Waals surface area contributed by atoms with Crippen molar-refractivity contribution >= 4 is 27.5 Å². The van der Waals surface area contributed by atoms with Crippen molar-refractivity contribution in [2.45, 2.75) is 79.3 Å².